The molecule has 0 unspecified atom stereocenters. The number of benzene rings is 2. The van der Waals surface area contributed by atoms with E-state index in [0.717, 1.165) is 30.6 Å². The maximum atomic E-state index is 12.7. The number of carbonyl (C=O) groups is 1. The van der Waals surface area contributed by atoms with Gasteiger partial charge in [0.05, 0.1) is 17.2 Å². The second kappa shape index (κ2) is 16.3. The Morgan fingerprint density at radius 1 is 0.946 bits per heavy atom. The molecule has 0 radical (unpaired) electrons. The minimum absolute atomic E-state index is 0.317. The Bertz CT molecular complexity index is 1100. The first-order chi connectivity index (χ1) is 18.0. The van der Waals surface area contributed by atoms with Crippen LogP contribution in [0.2, 0.25) is 5.02 Å². The van der Waals surface area contributed by atoms with Crippen molar-refractivity contribution >= 4 is 40.3 Å². The molecule has 0 aliphatic heterocycles. The number of halogens is 1. The molecule has 0 spiro atoms. The summed E-state index contributed by atoms with van der Waals surface area (Å²) in [6, 6.07) is 12.9. The number of nitrogens with zero attached hydrogens (tertiary/aromatic N) is 1. The van der Waals surface area contributed by atoms with Crippen LogP contribution in [0.5, 0.6) is 5.75 Å². The van der Waals surface area contributed by atoms with Gasteiger partial charge in [-0.2, -0.15) is 4.57 Å². The van der Waals surface area contributed by atoms with Gasteiger partial charge in [-0.15, -0.1) is 0 Å². The first-order valence-corrected chi connectivity index (χ1v) is 14.8. The molecular weight excluding hydrogens is 502 g/mol. The Balaban J connectivity index is 1.42. The monoisotopic (exact) mass is 542 g/mol. The molecule has 2 amide bonds. The fraction of sp³-hybridized carbons (Fsp3) is 0.467. The molecule has 3 aromatic rings. The van der Waals surface area contributed by atoms with Crippen LogP contribution in [-0.4, -0.2) is 12.6 Å². The molecule has 0 atom stereocenters. The van der Waals surface area contributed by atoms with Gasteiger partial charge in [-0.05, 0) is 37.6 Å². The van der Waals surface area contributed by atoms with Crippen molar-refractivity contribution in [3.05, 3.63) is 69.6 Å². The molecule has 2 aromatic carbocycles. The minimum atomic E-state index is -0.317. The Kier molecular flexibility index (Phi) is 12.8. The highest BCUT2D eigenvalue weighted by molar-refractivity contribution is 7.09. The summed E-state index contributed by atoms with van der Waals surface area (Å²) in [5.41, 5.74) is 4.56. The van der Waals surface area contributed by atoms with Crippen molar-refractivity contribution in [1.82, 2.24) is 0 Å². The Hall–Kier alpha value is -2.57. The molecule has 1 heterocycles. The molecule has 5 nitrogen and oxygen atoms in total. The molecule has 7 heteroatoms. The summed E-state index contributed by atoms with van der Waals surface area (Å²) in [6.45, 7) is 5.71. The van der Waals surface area contributed by atoms with Gasteiger partial charge >= 0.3 is 6.03 Å². The number of aryl methyl sites for hydroxylation is 1. The quantitative estimate of drug-likeness (QED) is 0.140. The second-order valence-corrected chi connectivity index (χ2v) is 11.1. The first-order valence-electron chi connectivity index (χ1n) is 13.6. The van der Waals surface area contributed by atoms with Crippen LogP contribution in [0.1, 0.15) is 81.6 Å². The molecule has 0 bridgehead atoms. The summed E-state index contributed by atoms with van der Waals surface area (Å²) in [7, 11) is 0. The highest BCUT2D eigenvalue weighted by Crippen LogP contribution is 2.29. The number of unbranched alkanes of at least 4 members (excludes halogenated alkanes) is 9. The van der Waals surface area contributed by atoms with Crippen LogP contribution in [0, 0.1) is 6.92 Å². The summed E-state index contributed by atoms with van der Waals surface area (Å²) in [4.78, 5) is 14.0. The van der Waals surface area contributed by atoms with E-state index in [1.165, 1.54) is 56.2 Å². The van der Waals surface area contributed by atoms with E-state index in [9.17, 15) is 4.79 Å². The lowest BCUT2D eigenvalue weighted by Crippen LogP contribution is -2.30. The third kappa shape index (κ3) is 11.1. The van der Waals surface area contributed by atoms with E-state index in [1.807, 2.05) is 18.2 Å². The fourth-order valence-electron chi connectivity index (χ4n) is 4.26. The normalized spacial score (nSPS) is 10.9. The van der Waals surface area contributed by atoms with E-state index in [1.54, 1.807) is 29.5 Å². The average Bonchev–Trinajstić information content (AvgIpc) is 3.28. The van der Waals surface area contributed by atoms with Crippen molar-refractivity contribution < 1.29 is 14.1 Å². The molecule has 0 fully saturated rings. The molecule has 3 rings (SSSR count). The third-order valence-electron chi connectivity index (χ3n) is 6.22. The molecule has 1 aromatic heterocycles. The lowest BCUT2D eigenvalue weighted by Gasteiger charge is -2.14. The van der Waals surface area contributed by atoms with Crippen LogP contribution < -0.4 is 19.9 Å². The number of carbonyl (C=O) groups excluding carboxylic acids is 1. The largest absolute Gasteiger partial charge is 0.491 e. The van der Waals surface area contributed by atoms with Crippen LogP contribution in [0.15, 0.2) is 54.2 Å². The van der Waals surface area contributed by atoms with Gasteiger partial charge in [0, 0.05) is 22.3 Å². The van der Waals surface area contributed by atoms with Crippen LogP contribution >= 0.6 is 22.9 Å². The number of anilines is 2. The van der Waals surface area contributed by atoms with Crippen LogP contribution in [0.25, 0.3) is 0 Å². The topological polar surface area (TPSA) is 54.2 Å². The lowest BCUT2D eigenvalue weighted by molar-refractivity contribution is -0.683. The van der Waals surface area contributed by atoms with E-state index in [4.69, 9.17) is 16.3 Å². The van der Waals surface area contributed by atoms with Crippen molar-refractivity contribution in [3.63, 3.8) is 0 Å². The Morgan fingerprint density at radius 2 is 1.68 bits per heavy atom. The van der Waals surface area contributed by atoms with Crippen LogP contribution in [-0.2, 0) is 6.54 Å². The predicted molar refractivity (Wildman–Crippen MR) is 156 cm³/mol. The molecule has 37 heavy (non-hydrogen) atoms. The summed E-state index contributed by atoms with van der Waals surface area (Å²) < 4.78 is 8.14. The zero-order valence-electron chi connectivity index (χ0n) is 22.2. The maximum Gasteiger partial charge on any atom is 0.323 e. The van der Waals surface area contributed by atoms with Crippen molar-refractivity contribution in [2.75, 3.05) is 17.2 Å². The minimum Gasteiger partial charge on any atom is -0.491 e. The number of urea groups is 1. The van der Waals surface area contributed by atoms with E-state index in [0.29, 0.717) is 23.1 Å². The number of hydrogen-bond acceptors (Lipinski definition) is 3. The SMILES string of the molecule is CCCCCCCCCCCCOc1cc(Cl)ccc1NC(=O)Nc1cccc(C[n+]2csc(C)c2)c1. The van der Waals surface area contributed by atoms with Gasteiger partial charge < -0.3 is 15.4 Å². The smallest absolute Gasteiger partial charge is 0.323 e. The van der Waals surface area contributed by atoms with Gasteiger partial charge in [-0.1, -0.05) is 99.8 Å². The highest BCUT2D eigenvalue weighted by Gasteiger charge is 2.11. The summed E-state index contributed by atoms with van der Waals surface area (Å²) in [5, 5.41) is 6.42. The van der Waals surface area contributed by atoms with Crippen molar-refractivity contribution in [1.29, 1.82) is 0 Å². The third-order valence-corrected chi connectivity index (χ3v) is 7.31. The average molecular weight is 543 g/mol. The van der Waals surface area contributed by atoms with Crippen molar-refractivity contribution in [2.45, 2.75) is 84.6 Å². The zero-order chi connectivity index (χ0) is 26.3. The van der Waals surface area contributed by atoms with Crippen molar-refractivity contribution in [3.8, 4) is 5.75 Å². The molecule has 0 aliphatic carbocycles. The fourth-order valence-corrected chi connectivity index (χ4v) is 5.06. The first kappa shape index (κ1) is 29.0. The number of nitrogens with one attached hydrogen (secondary N) is 2. The Morgan fingerprint density at radius 3 is 2.38 bits per heavy atom. The molecule has 200 valence electrons. The van der Waals surface area contributed by atoms with Crippen LogP contribution in [0.3, 0.4) is 0 Å². The van der Waals surface area contributed by atoms with E-state index < -0.39 is 0 Å². The number of amides is 2. The number of aromatic nitrogens is 1. The van der Waals surface area contributed by atoms with Gasteiger partial charge in [0.25, 0.3) is 0 Å². The molecule has 0 saturated carbocycles. The zero-order valence-corrected chi connectivity index (χ0v) is 23.8. The maximum absolute atomic E-state index is 12.7. The van der Waals surface area contributed by atoms with E-state index in [2.05, 4.69) is 46.8 Å². The summed E-state index contributed by atoms with van der Waals surface area (Å²) in [6.07, 6.45) is 14.9. The predicted octanol–water partition coefficient (Wildman–Crippen LogP) is 8.99. The van der Waals surface area contributed by atoms with Gasteiger partial charge in [-0.25, -0.2) is 4.79 Å². The standard InChI is InChI=1S/C30H40ClN3O2S/c1-3-4-5-6-7-8-9-10-11-12-18-36-29-20-26(31)16-17-28(29)33-30(35)32-27-15-13-14-25(19-27)22-34-21-24(2)37-23-34/h13-17,19-21,23H,3-12,18,22H2,1-2H3,(H-,32,33,35)/p+1. The van der Waals surface area contributed by atoms with Gasteiger partial charge in [0.2, 0.25) is 5.51 Å². The molecule has 0 saturated heterocycles. The highest BCUT2D eigenvalue weighted by atomic mass is 35.5. The van der Waals surface area contributed by atoms with Crippen LogP contribution in [0.4, 0.5) is 16.2 Å². The lowest BCUT2D eigenvalue weighted by atomic mass is 10.1. The van der Waals surface area contributed by atoms with Gasteiger partial charge in [-0.3, -0.25) is 0 Å². The van der Waals surface area contributed by atoms with Crippen molar-refractivity contribution in [2.24, 2.45) is 0 Å². The Labute approximate surface area is 231 Å². The molecule has 2 N–H and O–H groups in total. The number of thiazole rings is 1. The van der Waals surface area contributed by atoms with E-state index in [-0.39, 0.29) is 6.03 Å². The number of ether oxygens (including phenoxy) is 1. The molecular formula is C30H41ClN3O2S+. The number of rotatable bonds is 16. The van der Waals surface area contributed by atoms with Gasteiger partial charge in [0.15, 0.2) is 12.7 Å². The molecule has 0 aliphatic rings. The summed E-state index contributed by atoms with van der Waals surface area (Å²) >= 11 is 7.92. The van der Waals surface area contributed by atoms with E-state index >= 15 is 0 Å². The summed E-state index contributed by atoms with van der Waals surface area (Å²) in [5.74, 6) is 0.594. The van der Waals surface area contributed by atoms with Gasteiger partial charge in [0.1, 0.15) is 5.75 Å². The second-order valence-electron chi connectivity index (χ2n) is 9.59. The number of hydrogen-bond donors (Lipinski definition) is 2.